The molecule has 0 unspecified atom stereocenters. The minimum absolute atomic E-state index is 0.104. The summed E-state index contributed by atoms with van der Waals surface area (Å²) in [6, 6.07) is 13.9. The van der Waals surface area contributed by atoms with Gasteiger partial charge in [-0.15, -0.1) is 0 Å². The van der Waals surface area contributed by atoms with Crippen LogP contribution in [0.3, 0.4) is 0 Å². The van der Waals surface area contributed by atoms with Gasteiger partial charge < -0.3 is 20.5 Å². The number of benzene rings is 2. The molecule has 0 radical (unpaired) electrons. The molecule has 29 heavy (non-hydrogen) atoms. The number of carbonyl (C=O) groups excluding carboxylic acids is 2. The van der Waals surface area contributed by atoms with Gasteiger partial charge in [0.05, 0.1) is 24.6 Å². The molecule has 3 N–H and O–H groups in total. The number of aliphatic hydroxyl groups is 1. The zero-order valence-electron chi connectivity index (χ0n) is 16.4. The van der Waals surface area contributed by atoms with Gasteiger partial charge in [-0.25, -0.2) is 9.79 Å². The van der Waals surface area contributed by atoms with E-state index < -0.39 is 11.9 Å². The first-order valence-corrected chi connectivity index (χ1v) is 9.43. The highest BCUT2D eigenvalue weighted by Gasteiger charge is 2.27. The number of allylic oxidation sites excluding steroid dienone is 1. The lowest BCUT2D eigenvalue weighted by Crippen LogP contribution is -2.35. The Morgan fingerprint density at radius 2 is 1.83 bits per heavy atom. The highest BCUT2D eigenvalue weighted by Crippen LogP contribution is 2.31. The fourth-order valence-corrected chi connectivity index (χ4v) is 2.94. The van der Waals surface area contributed by atoms with Crippen LogP contribution < -0.4 is 10.6 Å². The molecule has 7 heteroatoms. The molecular formula is C22H23N3O4. The summed E-state index contributed by atoms with van der Waals surface area (Å²) < 4.78 is 5.22. The number of aliphatic hydroxyl groups excluding tert-OH is 1. The molecule has 0 fully saturated rings. The highest BCUT2D eigenvalue weighted by atomic mass is 16.5. The summed E-state index contributed by atoms with van der Waals surface area (Å²) in [5.41, 5.74) is 3.24. The Labute approximate surface area is 169 Å². The number of aliphatic imine (C=N–C) groups is 1. The van der Waals surface area contributed by atoms with Crippen LogP contribution in [-0.2, 0) is 16.1 Å². The molecule has 0 aromatic heterocycles. The van der Waals surface area contributed by atoms with E-state index in [2.05, 4.69) is 15.6 Å². The first-order valence-electron chi connectivity index (χ1n) is 9.43. The Hall–Kier alpha value is -3.45. The fraction of sp³-hybridized carbons (Fsp3) is 0.227. The monoisotopic (exact) mass is 393 g/mol. The van der Waals surface area contributed by atoms with Crippen molar-refractivity contribution in [1.82, 2.24) is 5.32 Å². The number of esters is 1. The van der Waals surface area contributed by atoms with Crippen molar-refractivity contribution in [1.29, 1.82) is 0 Å². The lowest BCUT2D eigenvalue weighted by Gasteiger charge is -2.15. The lowest BCUT2D eigenvalue weighted by molar-refractivity contribution is -0.137. The molecule has 0 bridgehead atoms. The molecule has 1 aliphatic rings. The number of anilines is 1. The van der Waals surface area contributed by atoms with Crippen molar-refractivity contribution >= 4 is 29.1 Å². The van der Waals surface area contributed by atoms with Crippen LogP contribution in [0.5, 0.6) is 0 Å². The molecule has 150 valence electrons. The van der Waals surface area contributed by atoms with E-state index in [1.54, 1.807) is 37.3 Å². The normalized spacial score (nSPS) is 13.0. The lowest BCUT2D eigenvalue weighted by atomic mass is 10.1. The van der Waals surface area contributed by atoms with Crippen LogP contribution in [0.2, 0.25) is 0 Å². The van der Waals surface area contributed by atoms with Gasteiger partial charge in [0.15, 0.2) is 0 Å². The third-order valence-corrected chi connectivity index (χ3v) is 4.42. The number of hydrogen-bond acceptors (Lipinski definition) is 6. The van der Waals surface area contributed by atoms with Crippen molar-refractivity contribution in [3.63, 3.8) is 0 Å². The molecule has 0 saturated heterocycles. The molecule has 0 aliphatic carbocycles. The highest BCUT2D eigenvalue weighted by molar-refractivity contribution is 6.25. The average molecular weight is 393 g/mol. The van der Waals surface area contributed by atoms with E-state index in [0.29, 0.717) is 28.9 Å². The predicted octanol–water partition coefficient (Wildman–Crippen LogP) is 3.29. The van der Waals surface area contributed by atoms with Crippen molar-refractivity contribution < 1.29 is 19.4 Å². The van der Waals surface area contributed by atoms with Gasteiger partial charge in [-0.2, -0.15) is 0 Å². The maximum atomic E-state index is 12.8. The zero-order chi connectivity index (χ0) is 20.8. The molecule has 0 spiro atoms. The predicted molar refractivity (Wildman–Crippen MR) is 111 cm³/mol. The average Bonchev–Trinajstić information content (AvgIpc) is 2.90. The third kappa shape index (κ3) is 4.52. The number of rotatable bonds is 5. The summed E-state index contributed by atoms with van der Waals surface area (Å²) in [6.07, 6.45) is 0.516. The van der Waals surface area contributed by atoms with Crippen LogP contribution in [0.15, 0.2) is 64.8 Å². The van der Waals surface area contributed by atoms with Gasteiger partial charge in [0.25, 0.3) is 5.91 Å². The first kappa shape index (κ1) is 20.3. The smallest absolute Gasteiger partial charge is 0.343 e. The van der Waals surface area contributed by atoms with Gasteiger partial charge in [0.1, 0.15) is 11.4 Å². The summed E-state index contributed by atoms with van der Waals surface area (Å²) in [4.78, 5) is 30.1. The molecule has 1 aliphatic heterocycles. The van der Waals surface area contributed by atoms with Gasteiger partial charge >= 0.3 is 5.97 Å². The van der Waals surface area contributed by atoms with E-state index in [9.17, 15) is 14.7 Å². The SMILES string of the molecule is CCOC(=O)C1=C(CC)Nc2ccccc2N=C1NC(=O)c1ccc(CO)cc1. The number of amides is 1. The number of nitrogens with zero attached hydrogens (tertiary/aromatic N) is 1. The van der Waals surface area contributed by atoms with Crippen molar-refractivity contribution in [2.45, 2.75) is 26.9 Å². The summed E-state index contributed by atoms with van der Waals surface area (Å²) >= 11 is 0. The maximum absolute atomic E-state index is 12.8. The standard InChI is InChI=1S/C22H23N3O4/c1-3-16-19(22(28)29-4-2)20(24-18-8-6-5-7-17(18)23-16)25-21(27)15-11-9-14(13-26)10-12-15/h5-12,23,26H,3-4,13H2,1-2H3,(H,24,25,27). The summed E-state index contributed by atoms with van der Waals surface area (Å²) in [5.74, 6) is -0.835. The van der Waals surface area contributed by atoms with Crippen LogP contribution in [0.1, 0.15) is 36.2 Å². The Morgan fingerprint density at radius 3 is 2.48 bits per heavy atom. The molecule has 2 aromatic carbocycles. The summed E-state index contributed by atoms with van der Waals surface area (Å²) in [7, 11) is 0. The van der Waals surface area contributed by atoms with Crippen LogP contribution in [-0.4, -0.2) is 29.4 Å². The minimum atomic E-state index is -0.556. The number of hydrogen-bond donors (Lipinski definition) is 3. The maximum Gasteiger partial charge on any atom is 0.343 e. The number of carbonyl (C=O) groups is 2. The Bertz CT molecular complexity index is 978. The van der Waals surface area contributed by atoms with E-state index in [0.717, 1.165) is 5.69 Å². The Balaban J connectivity index is 2.03. The number of nitrogens with one attached hydrogen (secondary N) is 2. The van der Waals surface area contributed by atoms with E-state index >= 15 is 0 Å². The molecule has 0 atom stereocenters. The second-order valence-corrected chi connectivity index (χ2v) is 6.34. The molecule has 1 amide bonds. The molecule has 1 heterocycles. The topological polar surface area (TPSA) is 100 Å². The fourth-order valence-electron chi connectivity index (χ4n) is 2.94. The van der Waals surface area contributed by atoms with Crippen LogP contribution in [0.4, 0.5) is 11.4 Å². The quantitative estimate of drug-likeness (QED) is 0.677. The van der Waals surface area contributed by atoms with Crippen molar-refractivity contribution in [2.24, 2.45) is 4.99 Å². The summed E-state index contributed by atoms with van der Waals surface area (Å²) in [5, 5.41) is 15.2. The Morgan fingerprint density at radius 1 is 1.10 bits per heavy atom. The molecule has 2 aromatic rings. The van der Waals surface area contributed by atoms with E-state index in [1.165, 1.54) is 0 Å². The van der Waals surface area contributed by atoms with Gasteiger partial charge in [-0.3, -0.25) is 4.79 Å². The number of ether oxygens (including phenoxy) is 1. The van der Waals surface area contributed by atoms with Gasteiger partial charge in [0, 0.05) is 11.3 Å². The van der Waals surface area contributed by atoms with E-state index in [1.807, 2.05) is 25.1 Å². The van der Waals surface area contributed by atoms with Gasteiger partial charge in [0.2, 0.25) is 0 Å². The number of amidine groups is 1. The molecular weight excluding hydrogens is 370 g/mol. The van der Waals surface area contributed by atoms with Crippen LogP contribution in [0.25, 0.3) is 0 Å². The Kier molecular flexibility index (Phi) is 6.41. The summed E-state index contributed by atoms with van der Waals surface area (Å²) in [6.45, 7) is 3.73. The second-order valence-electron chi connectivity index (χ2n) is 6.34. The molecule has 7 nitrogen and oxygen atoms in total. The first-order chi connectivity index (χ1) is 14.1. The number of para-hydroxylation sites is 2. The van der Waals surface area contributed by atoms with E-state index in [-0.39, 0.29) is 24.6 Å². The van der Waals surface area contributed by atoms with Crippen LogP contribution >= 0.6 is 0 Å². The van der Waals surface area contributed by atoms with Gasteiger partial charge in [-0.1, -0.05) is 31.2 Å². The molecule has 3 rings (SSSR count). The molecule has 0 saturated carbocycles. The van der Waals surface area contributed by atoms with Crippen molar-refractivity contribution in [3.8, 4) is 0 Å². The van der Waals surface area contributed by atoms with Gasteiger partial charge in [-0.05, 0) is 43.2 Å². The third-order valence-electron chi connectivity index (χ3n) is 4.42. The van der Waals surface area contributed by atoms with Crippen molar-refractivity contribution in [3.05, 3.63) is 70.9 Å². The number of fused-ring (bicyclic) bond motifs is 1. The zero-order valence-corrected chi connectivity index (χ0v) is 16.4. The second kappa shape index (κ2) is 9.16. The van der Waals surface area contributed by atoms with E-state index in [4.69, 9.17) is 4.74 Å². The van der Waals surface area contributed by atoms with Crippen LogP contribution in [0, 0.1) is 0 Å². The largest absolute Gasteiger partial charge is 0.462 e. The minimum Gasteiger partial charge on any atom is -0.462 e. The van der Waals surface area contributed by atoms with Crippen molar-refractivity contribution in [2.75, 3.05) is 11.9 Å².